The van der Waals surface area contributed by atoms with Crippen LogP contribution in [0.4, 0.5) is 4.39 Å². The number of halogens is 2. The van der Waals surface area contributed by atoms with Crippen LogP contribution in [0.2, 0.25) is 5.02 Å². The van der Waals surface area contributed by atoms with E-state index in [0.717, 1.165) is 0 Å². The molecule has 76 valence electrons. The standard InChI is InChI=1S/C11H7ClFNO/c12-8-4-7(5-9(13)6-8)10-2-1-3-11(15)14-10/h1-6H,(H,14,15). The molecule has 0 aliphatic heterocycles. The molecule has 15 heavy (non-hydrogen) atoms. The Morgan fingerprint density at radius 1 is 1.20 bits per heavy atom. The number of pyridine rings is 1. The largest absolute Gasteiger partial charge is 0.322 e. The summed E-state index contributed by atoms with van der Waals surface area (Å²) in [7, 11) is 0. The predicted molar refractivity (Wildman–Crippen MR) is 57.5 cm³/mol. The van der Waals surface area contributed by atoms with Crippen LogP contribution in [-0.4, -0.2) is 4.98 Å². The molecule has 1 aromatic heterocycles. The van der Waals surface area contributed by atoms with E-state index in [4.69, 9.17) is 11.6 Å². The molecule has 0 unspecified atom stereocenters. The van der Waals surface area contributed by atoms with Crippen LogP contribution in [0.25, 0.3) is 11.3 Å². The van der Waals surface area contributed by atoms with Crippen LogP contribution < -0.4 is 5.56 Å². The third-order valence-corrected chi connectivity index (χ3v) is 2.16. The topological polar surface area (TPSA) is 32.9 Å². The summed E-state index contributed by atoms with van der Waals surface area (Å²) in [4.78, 5) is 13.6. The van der Waals surface area contributed by atoms with E-state index in [1.54, 1.807) is 18.2 Å². The van der Waals surface area contributed by atoms with Gasteiger partial charge >= 0.3 is 0 Å². The van der Waals surface area contributed by atoms with E-state index in [1.807, 2.05) is 0 Å². The zero-order valence-electron chi connectivity index (χ0n) is 7.63. The molecule has 0 aliphatic carbocycles. The minimum Gasteiger partial charge on any atom is -0.322 e. The highest BCUT2D eigenvalue weighted by molar-refractivity contribution is 6.30. The van der Waals surface area contributed by atoms with Gasteiger partial charge in [-0.25, -0.2) is 4.39 Å². The lowest BCUT2D eigenvalue weighted by Gasteiger charge is -2.01. The van der Waals surface area contributed by atoms with E-state index in [-0.39, 0.29) is 5.56 Å². The average molecular weight is 224 g/mol. The highest BCUT2D eigenvalue weighted by atomic mass is 35.5. The number of hydrogen-bond donors (Lipinski definition) is 1. The Morgan fingerprint density at radius 2 is 2.00 bits per heavy atom. The Hall–Kier alpha value is -1.61. The van der Waals surface area contributed by atoms with Crippen molar-refractivity contribution >= 4 is 11.6 Å². The number of H-pyrrole nitrogens is 1. The van der Waals surface area contributed by atoms with Gasteiger partial charge < -0.3 is 4.98 Å². The molecule has 0 radical (unpaired) electrons. The maximum Gasteiger partial charge on any atom is 0.248 e. The Bertz CT molecular complexity index is 530. The molecule has 0 amide bonds. The van der Waals surface area contributed by atoms with Crippen molar-refractivity contribution < 1.29 is 4.39 Å². The first kappa shape index (κ1) is 9.93. The minimum atomic E-state index is -0.429. The average Bonchev–Trinajstić information content (AvgIpc) is 2.16. The fourth-order valence-corrected chi connectivity index (χ4v) is 1.55. The van der Waals surface area contributed by atoms with Crippen molar-refractivity contribution in [2.75, 3.05) is 0 Å². The van der Waals surface area contributed by atoms with Gasteiger partial charge in [0.1, 0.15) is 5.82 Å². The van der Waals surface area contributed by atoms with Crippen molar-refractivity contribution in [3.05, 3.63) is 57.6 Å². The van der Waals surface area contributed by atoms with Gasteiger partial charge in [-0.15, -0.1) is 0 Å². The van der Waals surface area contributed by atoms with Crippen LogP contribution in [-0.2, 0) is 0 Å². The van der Waals surface area contributed by atoms with Gasteiger partial charge in [0.25, 0.3) is 0 Å². The highest BCUT2D eigenvalue weighted by Gasteiger charge is 2.02. The maximum atomic E-state index is 13.0. The van der Waals surface area contributed by atoms with Gasteiger partial charge in [0.2, 0.25) is 5.56 Å². The second-order valence-corrected chi connectivity index (χ2v) is 3.52. The third-order valence-electron chi connectivity index (χ3n) is 1.94. The van der Waals surface area contributed by atoms with Crippen molar-refractivity contribution in [3.63, 3.8) is 0 Å². The normalized spacial score (nSPS) is 10.3. The van der Waals surface area contributed by atoms with Crippen molar-refractivity contribution in [2.45, 2.75) is 0 Å². The maximum absolute atomic E-state index is 13.0. The lowest BCUT2D eigenvalue weighted by Crippen LogP contribution is -2.03. The number of rotatable bonds is 1. The minimum absolute atomic E-state index is 0.229. The number of aromatic amines is 1. The SMILES string of the molecule is O=c1cccc(-c2cc(F)cc(Cl)c2)[nH]1. The van der Waals surface area contributed by atoms with E-state index >= 15 is 0 Å². The lowest BCUT2D eigenvalue weighted by atomic mass is 10.1. The molecule has 0 atom stereocenters. The Labute approximate surface area is 90.3 Å². The van der Waals surface area contributed by atoms with Crippen molar-refractivity contribution in [1.82, 2.24) is 4.98 Å². The van der Waals surface area contributed by atoms with Gasteiger partial charge in [0, 0.05) is 22.3 Å². The Kier molecular flexibility index (Phi) is 2.56. The van der Waals surface area contributed by atoms with Gasteiger partial charge in [0.15, 0.2) is 0 Å². The molecule has 2 aromatic rings. The van der Waals surface area contributed by atoms with Gasteiger partial charge in [-0.3, -0.25) is 4.79 Å². The molecule has 0 fully saturated rings. The number of hydrogen-bond acceptors (Lipinski definition) is 1. The number of nitrogens with one attached hydrogen (secondary N) is 1. The second-order valence-electron chi connectivity index (χ2n) is 3.09. The summed E-state index contributed by atoms with van der Waals surface area (Å²) in [6.45, 7) is 0. The van der Waals surface area contributed by atoms with Crippen LogP contribution in [0, 0.1) is 5.82 Å². The first-order valence-corrected chi connectivity index (χ1v) is 4.69. The molecule has 1 aromatic carbocycles. The summed E-state index contributed by atoms with van der Waals surface area (Å²) >= 11 is 5.71. The van der Waals surface area contributed by atoms with Crippen LogP contribution in [0.1, 0.15) is 0 Å². The molecule has 1 N–H and O–H groups in total. The molecule has 0 aliphatic rings. The molecule has 2 nitrogen and oxygen atoms in total. The number of aromatic nitrogens is 1. The predicted octanol–water partition coefficient (Wildman–Crippen LogP) is 2.83. The first-order valence-electron chi connectivity index (χ1n) is 4.31. The van der Waals surface area contributed by atoms with E-state index in [1.165, 1.54) is 18.2 Å². The summed E-state index contributed by atoms with van der Waals surface area (Å²) in [5.41, 5.74) is 0.870. The Balaban J connectivity index is 2.58. The summed E-state index contributed by atoms with van der Waals surface area (Å²) in [5.74, 6) is -0.429. The lowest BCUT2D eigenvalue weighted by molar-refractivity contribution is 0.628. The molecule has 0 saturated carbocycles. The monoisotopic (exact) mass is 223 g/mol. The van der Waals surface area contributed by atoms with Gasteiger partial charge in [-0.1, -0.05) is 17.7 Å². The number of benzene rings is 1. The Morgan fingerprint density at radius 3 is 2.67 bits per heavy atom. The summed E-state index contributed by atoms with van der Waals surface area (Å²) < 4.78 is 13.0. The molecule has 0 spiro atoms. The quantitative estimate of drug-likeness (QED) is 0.792. The van der Waals surface area contributed by atoms with Crippen LogP contribution in [0.15, 0.2) is 41.2 Å². The highest BCUT2D eigenvalue weighted by Crippen LogP contribution is 2.21. The molecular weight excluding hydrogens is 217 g/mol. The fourth-order valence-electron chi connectivity index (χ4n) is 1.33. The van der Waals surface area contributed by atoms with Gasteiger partial charge in [0.05, 0.1) is 0 Å². The zero-order chi connectivity index (χ0) is 10.8. The summed E-state index contributed by atoms with van der Waals surface area (Å²) in [5, 5.41) is 0.301. The zero-order valence-corrected chi connectivity index (χ0v) is 8.38. The molecule has 0 bridgehead atoms. The van der Waals surface area contributed by atoms with E-state index in [2.05, 4.69) is 4.98 Å². The summed E-state index contributed by atoms with van der Waals surface area (Å²) in [6.07, 6.45) is 0. The van der Waals surface area contributed by atoms with Crippen molar-refractivity contribution in [1.29, 1.82) is 0 Å². The first-order chi connectivity index (χ1) is 7.15. The van der Waals surface area contributed by atoms with Gasteiger partial charge in [-0.05, 0) is 24.3 Å². The molecule has 4 heteroatoms. The van der Waals surface area contributed by atoms with Crippen LogP contribution in [0.5, 0.6) is 0 Å². The van der Waals surface area contributed by atoms with Gasteiger partial charge in [-0.2, -0.15) is 0 Å². The molecule has 1 heterocycles. The fraction of sp³-hybridized carbons (Fsp3) is 0. The molecule has 2 rings (SSSR count). The molecule has 0 saturated heterocycles. The third kappa shape index (κ3) is 2.25. The van der Waals surface area contributed by atoms with Crippen LogP contribution in [0.3, 0.4) is 0 Å². The van der Waals surface area contributed by atoms with Crippen molar-refractivity contribution in [2.24, 2.45) is 0 Å². The van der Waals surface area contributed by atoms with Crippen molar-refractivity contribution in [3.8, 4) is 11.3 Å². The van der Waals surface area contributed by atoms with E-state index in [9.17, 15) is 9.18 Å². The molecular formula is C11H7ClFNO. The smallest absolute Gasteiger partial charge is 0.248 e. The summed E-state index contributed by atoms with van der Waals surface area (Å²) in [6, 6.07) is 8.81. The van der Waals surface area contributed by atoms with E-state index < -0.39 is 5.82 Å². The van der Waals surface area contributed by atoms with E-state index in [0.29, 0.717) is 16.3 Å². The van der Waals surface area contributed by atoms with Crippen LogP contribution >= 0.6 is 11.6 Å². The second kappa shape index (κ2) is 3.87.